The van der Waals surface area contributed by atoms with Crippen molar-refractivity contribution < 1.29 is 14.3 Å². The molecule has 1 aromatic carbocycles. The molecule has 0 saturated carbocycles. The highest BCUT2D eigenvalue weighted by molar-refractivity contribution is 9.10. The second-order valence-corrected chi connectivity index (χ2v) is 4.46. The number of halogens is 2. The maximum absolute atomic E-state index is 12.8. The number of alkyl halides is 1. The zero-order valence-electron chi connectivity index (χ0n) is 6.91. The number of hydrogen-bond donors (Lipinski definition) is 2. The second-order valence-electron chi connectivity index (χ2n) is 2.45. The number of carbonyl (C=O) groups is 1. The number of benzene rings is 1. The molecule has 0 aliphatic carbocycles. The third-order valence-electron chi connectivity index (χ3n) is 1.40. The smallest absolute Gasteiger partial charge is 0.349 e. The summed E-state index contributed by atoms with van der Waals surface area (Å²) in [5.41, 5.74) is 3.93. The fourth-order valence-electron chi connectivity index (χ4n) is 0.789. The maximum Gasteiger partial charge on any atom is 0.349 e. The van der Waals surface area contributed by atoms with E-state index in [9.17, 15) is 9.18 Å². The van der Waals surface area contributed by atoms with E-state index in [-0.39, 0.29) is 0 Å². The first-order chi connectivity index (χ1) is 6.50. The summed E-state index contributed by atoms with van der Waals surface area (Å²) in [4.78, 5) is 10.7. The average Bonchev–Trinajstić information content (AvgIpc) is 2.09. The van der Waals surface area contributed by atoms with Gasteiger partial charge >= 0.3 is 5.97 Å². The molecule has 0 radical (unpaired) electrons. The minimum Gasteiger partial charge on any atom is -0.478 e. The predicted molar refractivity (Wildman–Crippen MR) is 56.9 cm³/mol. The first-order valence-electron chi connectivity index (χ1n) is 3.59. The van der Waals surface area contributed by atoms with Crippen molar-refractivity contribution in [1.29, 1.82) is 0 Å². The SMILES string of the molecule is Nc1cc(Br)ccc1SC(F)C(=O)O. The number of carboxylic acid groups (broad SMARTS) is 1. The van der Waals surface area contributed by atoms with Gasteiger partial charge in [-0.2, -0.15) is 0 Å². The lowest BCUT2D eigenvalue weighted by Gasteiger charge is -2.06. The van der Waals surface area contributed by atoms with Gasteiger partial charge in [0.25, 0.3) is 0 Å². The van der Waals surface area contributed by atoms with Crippen molar-refractivity contribution in [2.75, 3.05) is 5.73 Å². The summed E-state index contributed by atoms with van der Waals surface area (Å²) in [6.45, 7) is 0. The number of nitrogens with two attached hydrogens (primary N) is 1. The Morgan fingerprint density at radius 2 is 2.29 bits per heavy atom. The summed E-state index contributed by atoms with van der Waals surface area (Å²) in [6, 6.07) is 4.84. The number of hydrogen-bond acceptors (Lipinski definition) is 3. The second kappa shape index (κ2) is 4.65. The molecular weight excluding hydrogens is 273 g/mol. The first-order valence-corrected chi connectivity index (χ1v) is 5.26. The van der Waals surface area contributed by atoms with Gasteiger partial charge in [0.05, 0.1) is 0 Å². The summed E-state index contributed by atoms with van der Waals surface area (Å²) in [7, 11) is 0. The lowest BCUT2D eigenvalue weighted by atomic mass is 10.3. The highest BCUT2D eigenvalue weighted by Gasteiger charge is 2.18. The number of aliphatic carboxylic acids is 1. The van der Waals surface area contributed by atoms with E-state index >= 15 is 0 Å². The summed E-state index contributed by atoms with van der Waals surface area (Å²) < 4.78 is 13.6. The summed E-state index contributed by atoms with van der Waals surface area (Å²) in [5, 5.41) is 8.34. The molecule has 0 aromatic heterocycles. The largest absolute Gasteiger partial charge is 0.478 e. The number of carboxylic acids is 1. The van der Waals surface area contributed by atoms with Gasteiger partial charge in [-0.3, -0.25) is 0 Å². The molecule has 0 amide bonds. The zero-order chi connectivity index (χ0) is 10.7. The van der Waals surface area contributed by atoms with Gasteiger partial charge in [-0.15, -0.1) is 0 Å². The third kappa shape index (κ3) is 2.88. The zero-order valence-corrected chi connectivity index (χ0v) is 9.31. The topological polar surface area (TPSA) is 63.3 Å². The molecule has 1 rings (SSSR count). The van der Waals surface area contributed by atoms with E-state index in [0.717, 1.165) is 4.47 Å². The van der Waals surface area contributed by atoms with E-state index < -0.39 is 11.5 Å². The van der Waals surface area contributed by atoms with Gasteiger partial charge in [0.1, 0.15) is 0 Å². The van der Waals surface area contributed by atoms with Crippen LogP contribution in [0.3, 0.4) is 0 Å². The number of anilines is 1. The Morgan fingerprint density at radius 3 is 2.79 bits per heavy atom. The predicted octanol–water partition coefficient (Wildman–Crippen LogP) is 2.50. The van der Waals surface area contributed by atoms with Crippen LogP contribution >= 0.6 is 27.7 Å². The van der Waals surface area contributed by atoms with E-state index in [1.165, 1.54) is 0 Å². The fourth-order valence-corrected chi connectivity index (χ4v) is 1.83. The Labute approximate surface area is 92.6 Å². The lowest BCUT2D eigenvalue weighted by molar-refractivity contribution is -0.139. The summed E-state index contributed by atoms with van der Waals surface area (Å²) >= 11 is 3.77. The van der Waals surface area contributed by atoms with Crippen molar-refractivity contribution in [1.82, 2.24) is 0 Å². The number of nitrogen functional groups attached to an aromatic ring is 1. The number of rotatable bonds is 3. The van der Waals surface area contributed by atoms with Crippen LogP contribution in [0.4, 0.5) is 10.1 Å². The molecule has 0 aliphatic rings. The Balaban J connectivity index is 2.82. The van der Waals surface area contributed by atoms with Gasteiger partial charge in [0.2, 0.25) is 5.50 Å². The van der Waals surface area contributed by atoms with E-state index in [4.69, 9.17) is 10.8 Å². The molecule has 76 valence electrons. The van der Waals surface area contributed by atoms with Crippen LogP contribution in [0.25, 0.3) is 0 Å². The summed E-state index contributed by atoms with van der Waals surface area (Å²) in [5.74, 6) is -1.50. The lowest BCUT2D eigenvalue weighted by Crippen LogP contribution is -2.09. The molecule has 0 aliphatic heterocycles. The van der Waals surface area contributed by atoms with Gasteiger partial charge in [0.15, 0.2) is 0 Å². The van der Waals surface area contributed by atoms with Crippen LogP contribution in [0.1, 0.15) is 0 Å². The minimum atomic E-state index is -1.99. The van der Waals surface area contributed by atoms with E-state index in [0.29, 0.717) is 22.3 Å². The molecule has 3 N–H and O–H groups in total. The Bertz CT molecular complexity index is 361. The molecule has 6 heteroatoms. The van der Waals surface area contributed by atoms with Gasteiger partial charge in [-0.25, -0.2) is 9.18 Å². The molecule has 0 bridgehead atoms. The Hall–Kier alpha value is -0.750. The molecule has 0 fully saturated rings. The van der Waals surface area contributed by atoms with Gasteiger partial charge in [-0.05, 0) is 18.2 Å². The van der Waals surface area contributed by atoms with E-state index in [1.54, 1.807) is 18.2 Å². The fraction of sp³-hybridized carbons (Fsp3) is 0.125. The van der Waals surface area contributed by atoms with Crippen LogP contribution in [0.2, 0.25) is 0 Å². The third-order valence-corrected chi connectivity index (χ3v) is 2.92. The first kappa shape index (κ1) is 11.3. The Kier molecular flexibility index (Phi) is 3.77. The molecule has 1 atom stereocenters. The van der Waals surface area contributed by atoms with Crippen LogP contribution < -0.4 is 5.73 Å². The summed E-state index contributed by atoms with van der Waals surface area (Å²) in [6.07, 6.45) is 0. The van der Waals surface area contributed by atoms with Crippen LogP contribution in [-0.4, -0.2) is 16.6 Å². The molecular formula is C8H7BrFNO2S. The normalized spacial score (nSPS) is 12.4. The molecule has 14 heavy (non-hydrogen) atoms. The highest BCUT2D eigenvalue weighted by Crippen LogP contribution is 2.31. The van der Waals surface area contributed by atoms with Crippen LogP contribution in [0.15, 0.2) is 27.6 Å². The van der Waals surface area contributed by atoms with Gasteiger partial charge in [0, 0.05) is 15.1 Å². The molecule has 0 spiro atoms. The van der Waals surface area contributed by atoms with Gasteiger partial charge in [-0.1, -0.05) is 27.7 Å². The quantitative estimate of drug-likeness (QED) is 0.659. The van der Waals surface area contributed by atoms with Crippen molar-refractivity contribution in [3.63, 3.8) is 0 Å². The van der Waals surface area contributed by atoms with Crippen molar-refractivity contribution >= 4 is 39.3 Å². The molecule has 1 unspecified atom stereocenters. The molecule has 3 nitrogen and oxygen atoms in total. The average molecular weight is 280 g/mol. The van der Waals surface area contributed by atoms with Crippen molar-refractivity contribution in [2.45, 2.75) is 10.4 Å². The molecule has 1 aromatic rings. The van der Waals surface area contributed by atoms with E-state index in [1.807, 2.05) is 0 Å². The monoisotopic (exact) mass is 279 g/mol. The highest BCUT2D eigenvalue weighted by atomic mass is 79.9. The van der Waals surface area contributed by atoms with Crippen molar-refractivity contribution in [2.24, 2.45) is 0 Å². The van der Waals surface area contributed by atoms with Gasteiger partial charge < -0.3 is 10.8 Å². The van der Waals surface area contributed by atoms with Crippen LogP contribution in [0, 0.1) is 0 Å². The van der Waals surface area contributed by atoms with E-state index in [2.05, 4.69) is 15.9 Å². The van der Waals surface area contributed by atoms with Crippen LogP contribution in [-0.2, 0) is 4.79 Å². The van der Waals surface area contributed by atoms with Crippen LogP contribution in [0.5, 0.6) is 0 Å². The maximum atomic E-state index is 12.8. The molecule has 0 saturated heterocycles. The number of thioether (sulfide) groups is 1. The minimum absolute atomic E-state index is 0.355. The van der Waals surface area contributed by atoms with Crippen molar-refractivity contribution in [3.05, 3.63) is 22.7 Å². The molecule has 0 heterocycles. The Morgan fingerprint density at radius 1 is 1.64 bits per heavy atom. The van der Waals surface area contributed by atoms with Crippen molar-refractivity contribution in [3.8, 4) is 0 Å². The standard InChI is InChI=1S/C8H7BrFNO2S/c9-4-1-2-6(5(11)3-4)14-7(10)8(12)13/h1-3,7H,11H2,(H,12,13).